The van der Waals surface area contributed by atoms with Crippen molar-refractivity contribution in [2.24, 2.45) is 5.92 Å². The smallest absolute Gasteiger partial charge is 0.243 e. The predicted molar refractivity (Wildman–Crippen MR) is 105 cm³/mol. The van der Waals surface area contributed by atoms with Gasteiger partial charge in [0, 0.05) is 22.6 Å². The maximum absolute atomic E-state index is 13.3. The number of rotatable bonds is 3. The van der Waals surface area contributed by atoms with Gasteiger partial charge in [0.2, 0.25) is 10.0 Å². The van der Waals surface area contributed by atoms with Gasteiger partial charge in [0.05, 0.1) is 23.6 Å². The molecular weight excluding hydrogens is 416 g/mol. The summed E-state index contributed by atoms with van der Waals surface area (Å²) < 4.78 is 29.2. The van der Waals surface area contributed by atoms with Gasteiger partial charge in [0.15, 0.2) is 0 Å². The summed E-state index contributed by atoms with van der Waals surface area (Å²) in [6, 6.07) is 12.4. The Morgan fingerprint density at radius 1 is 1.23 bits per heavy atom. The average Bonchev–Trinajstić information content (AvgIpc) is 3.08. The first-order valence-corrected chi connectivity index (χ1v) is 10.9. The van der Waals surface area contributed by atoms with Crippen LogP contribution in [0.5, 0.6) is 0 Å². The summed E-state index contributed by atoms with van der Waals surface area (Å²) >= 11 is 3.50. The van der Waals surface area contributed by atoms with Gasteiger partial charge in [0.1, 0.15) is 0 Å². The van der Waals surface area contributed by atoms with Crippen molar-refractivity contribution in [3.8, 4) is 0 Å². The minimum absolute atomic E-state index is 0.0188. The van der Waals surface area contributed by atoms with Gasteiger partial charge < -0.3 is 10.4 Å². The van der Waals surface area contributed by atoms with E-state index in [2.05, 4.69) is 21.2 Å². The van der Waals surface area contributed by atoms with Crippen molar-refractivity contribution in [1.29, 1.82) is 0 Å². The molecule has 0 bridgehead atoms. The van der Waals surface area contributed by atoms with Gasteiger partial charge in [-0.3, -0.25) is 0 Å². The second kappa shape index (κ2) is 6.64. The third-order valence-electron chi connectivity index (χ3n) is 5.41. The molecule has 2 heterocycles. The maximum atomic E-state index is 13.3. The van der Waals surface area contributed by atoms with Gasteiger partial charge >= 0.3 is 0 Å². The molecule has 5 nitrogen and oxygen atoms in total. The minimum Gasteiger partial charge on any atom is -0.394 e. The van der Waals surface area contributed by atoms with E-state index in [1.807, 2.05) is 37.3 Å². The fraction of sp³-hybridized carbons (Fsp3) is 0.368. The summed E-state index contributed by atoms with van der Waals surface area (Å²) in [6.07, 6.45) is 0.722. The first-order chi connectivity index (χ1) is 12.4. The summed E-state index contributed by atoms with van der Waals surface area (Å²) in [7, 11) is -3.60. The lowest BCUT2D eigenvalue weighted by Gasteiger charge is -2.38. The number of aliphatic hydroxyl groups is 1. The van der Waals surface area contributed by atoms with Crippen LogP contribution in [-0.2, 0) is 10.0 Å². The highest BCUT2D eigenvalue weighted by Crippen LogP contribution is 2.48. The van der Waals surface area contributed by atoms with E-state index in [1.165, 1.54) is 0 Å². The van der Waals surface area contributed by atoms with Crippen LogP contribution in [0.4, 0.5) is 5.69 Å². The molecule has 2 aliphatic heterocycles. The molecule has 3 atom stereocenters. The zero-order chi connectivity index (χ0) is 18.5. The first kappa shape index (κ1) is 18.0. The topological polar surface area (TPSA) is 69.6 Å². The number of nitrogens with one attached hydrogen (secondary N) is 1. The third-order valence-corrected chi connectivity index (χ3v) is 7.80. The summed E-state index contributed by atoms with van der Waals surface area (Å²) in [5.41, 5.74) is 2.88. The summed E-state index contributed by atoms with van der Waals surface area (Å²) in [5, 5.41) is 13.2. The van der Waals surface area contributed by atoms with Crippen molar-refractivity contribution in [3.05, 3.63) is 58.1 Å². The van der Waals surface area contributed by atoms with Crippen molar-refractivity contribution < 1.29 is 13.5 Å². The van der Waals surface area contributed by atoms with E-state index in [0.29, 0.717) is 11.4 Å². The van der Waals surface area contributed by atoms with E-state index >= 15 is 0 Å². The zero-order valence-electron chi connectivity index (χ0n) is 14.4. The van der Waals surface area contributed by atoms with Gasteiger partial charge in [-0.15, -0.1) is 0 Å². The van der Waals surface area contributed by atoms with Gasteiger partial charge in [-0.25, -0.2) is 8.42 Å². The van der Waals surface area contributed by atoms with Gasteiger partial charge in [-0.05, 0) is 49.2 Å². The van der Waals surface area contributed by atoms with Crippen LogP contribution in [0.3, 0.4) is 0 Å². The molecule has 26 heavy (non-hydrogen) atoms. The van der Waals surface area contributed by atoms with E-state index in [9.17, 15) is 13.5 Å². The van der Waals surface area contributed by atoms with Crippen molar-refractivity contribution in [2.45, 2.75) is 30.3 Å². The molecule has 1 saturated heterocycles. The second-order valence-corrected chi connectivity index (χ2v) is 9.80. The van der Waals surface area contributed by atoms with Crippen molar-refractivity contribution in [3.63, 3.8) is 0 Å². The highest BCUT2D eigenvalue weighted by Gasteiger charge is 2.48. The average molecular weight is 437 g/mol. The molecule has 2 aromatic carbocycles. The summed E-state index contributed by atoms with van der Waals surface area (Å²) in [4.78, 5) is 0.319. The van der Waals surface area contributed by atoms with Crippen LogP contribution in [0.1, 0.15) is 23.6 Å². The van der Waals surface area contributed by atoms with E-state index in [1.54, 1.807) is 16.4 Å². The molecule has 2 aromatic rings. The monoisotopic (exact) mass is 436 g/mol. The Labute approximate surface area is 162 Å². The summed E-state index contributed by atoms with van der Waals surface area (Å²) in [6.45, 7) is 2.37. The van der Waals surface area contributed by atoms with Crippen LogP contribution in [0.25, 0.3) is 0 Å². The minimum atomic E-state index is -3.60. The Morgan fingerprint density at radius 2 is 1.96 bits per heavy atom. The molecule has 0 spiro atoms. The van der Waals surface area contributed by atoms with Gasteiger partial charge in [0.25, 0.3) is 0 Å². The molecular formula is C19H21BrN2O3S. The largest absolute Gasteiger partial charge is 0.394 e. The molecule has 0 unspecified atom stereocenters. The lowest BCUT2D eigenvalue weighted by atomic mass is 9.84. The van der Waals surface area contributed by atoms with Crippen LogP contribution < -0.4 is 5.32 Å². The SMILES string of the molecule is Cc1ccc(S(=O)(=O)N2CC[C@@H]3[C@H](CO)Nc4ccc(Br)cc4[C@@H]32)cc1. The third kappa shape index (κ3) is 2.87. The Balaban J connectivity index is 1.81. The van der Waals surface area contributed by atoms with Crippen LogP contribution in [0.15, 0.2) is 51.8 Å². The van der Waals surface area contributed by atoms with E-state index < -0.39 is 10.0 Å². The first-order valence-electron chi connectivity index (χ1n) is 8.67. The fourth-order valence-corrected chi connectivity index (χ4v) is 6.15. The highest BCUT2D eigenvalue weighted by molar-refractivity contribution is 9.10. The Kier molecular flexibility index (Phi) is 4.59. The number of fused-ring (bicyclic) bond motifs is 3. The number of hydrogen-bond acceptors (Lipinski definition) is 4. The van der Waals surface area contributed by atoms with Crippen molar-refractivity contribution in [1.82, 2.24) is 4.31 Å². The molecule has 0 amide bonds. The highest BCUT2D eigenvalue weighted by atomic mass is 79.9. The number of anilines is 1. The molecule has 138 valence electrons. The predicted octanol–water partition coefficient (Wildman–Crippen LogP) is 3.30. The van der Waals surface area contributed by atoms with Crippen molar-refractivity contribution >= 4 is 31.6 Å². The molecule has 0 radical (unpaired) electrons. The Morgan fingerprint density at radius 3 is 2.65 bits per heavy atom. The van der Waals surface area contributed by atoms with E-state index in [4.69, 9.17) is 0 Å². The molecule has 2 aliphatic rings. The molecule has 1 fully saturated rings. The number of aryl methyl sites for hydroxylation is 1. The van der Waals surface area contributed by atoms with Crippen LogP contribution >= 0.6 is 15.9 Å². The number of hydrogen-bond donors (Lipinski definition) is 2. The standard InChI is InChI=1S/C19H21BrN2O3S/c1-12-2-5-14(6-3-12)26(24,25)22-9-8-15-18(11-23)21-17-7-4-13(20)10-16(17)19(15)22/h2-7,10,15,18-19,21,23H,8-9,11H2,1H3/t15-,18+,19-/m1/s1. The molecule has 0 aliphatic carbocycles. The van der Waals surface area contributed by atoms with Gasteiger partial charge in [-0.1, -0.05) is 33.6 Å². The van der Waals surface area contributed by atoms with Crippen LogP contribution in [0.2, 0.25) is 0 Å². The fourth-order valence-electron chi connectivity index (χ4n) is 4.11. The van der Waals surface area contributed by atoms with Crippen LogP contribution in [-0.4, -0.2) is 37.0 Å². The Bertz CT molecular complexity index is 930. The molecule has 2 N–H and O–H groups in total. The molecule has 0 aromatic heterocycles. The number of aliphatic hydroxyl groups excluding tert-OH is 1. The zero-order valence-corrected chi connectivity index (χ0v) is 16.8. The molecule has 7 heteroatoms. The number of sulfonamides is 1. The Hall–Kier alpha value is -1.41. The number of halogens is 1. The van der Waals surface area contributed by atoms with E-state index in [-0.39, 0.29) is 24.6 Å². The number of nitrogens with zero attached hydrogens (tertiary/aromatic N) is 1. The summed E-state index contributed by atoms with van der Waals surface area (Å²) in [5.74, 6) is 0.0435. The molecule has 4 rings (SSSR count). The lowest BCUT2D eigenvalue weighted by Crippen LogP contribution is -2.42. The van der Waals surface area contributed by atoms with E-state index in [0.717, 1.165) is 27.7 Å². The van der Waals surface area contributed by atoms with Crippen molar-refractivity contribution in [2.75, 3.05) is 18.5 Å². The second-order valence-electron chi connectivity index (χ2n) is 6.99. The normalized spacial score (nSPS) is 25.4. The lowest BCUT2D eigenvalue weighted by molar-refractivity contribution is 0.210. The maximum Gasteiger partial charge on any atom is 0.243 e. The van der Waals surface area contributed by atoms with Gasteiger partial charge in [-0.2, -0.15) is 4.31 Å². The number of benzene rings is 2. The quantitative estimate of drug-likeness (QED) is 0.774. The molecule has 0 saturated carbocycles. The van der Waals surface area contributed by atoms with Crippen LogP contribution in [0, 0.1) is 12.8 Å².